The lowest BCUT2D eigenvalue weighted by atomic mass is 9.96. The van der Waals surface area contributed by atoms with Gasteiger partial charge in [0, 0.05) is 19.1 Å². The van der Waals surface area contributed by atoms with Crippen LogP contribution in [0.1, 0.15) is 39.0 Å². The van der Waals surface area contributed by atoms with Crippen LogP contribution in [0, 0.1) is 5.92 Å². The van der Waals surface area contributed by atoms with Crippen LogP contribution < -0.4 is 5.32 Å². The Kier molecular flexibility index (Phi) is 4.10. The van der Waals surface area contributed by atoms with Gasteiger partial charge >= 0.3 is 0 Å². The fraction of sp³-hybridized carbons (Fsp3) is 1.00. The van der Waals surface area contributed by atoms with Crippen molar-refractivity contribution in [2.45, 2.75) is 50.3 Å². The standard InChI is InChI=1S/C12H24N2O2S/c1-10-9-14(8-7-12(10)13-2)17(15,16)11-5-3-4-6-11/h10-13H,3-9H2,1-2H3. The molecule has 0 amide bonds. The van der Waals surface area contributed by atoms with Crippen LogP contribution in [-0.4, -0.2) is 44.2 Å². The highest BCUT2D eigenvalue weighted by Crippen LogP contribution is 2.29. The van der Waals surface area contributed by atoms with E-state index in [9.17, 15) is 8.42 Å². The van der Waals surface area contributed by atoms with E-state index in [-0.39, 0.29) is 5.25 Å². The van der Waals surface area contributed by atoms with Crippen LogP contribution in [0.3, 0.4) is 0 Å². The molecule has 0 bridgehead atoms. The molecule has 2 aliphatic rings. The summed E-state index contributed by atoms with van der Waals surface area (Å²) in [5.74, 6) is 0.407. The number of sulfonamides is 1. The number of rotatable bonds is 3. The zero-order valence-electron chi connectivity index (χ0n) is 10.9. The minimum absolute atomic E-state index is 0.0964. The van der Waals surface area contributed by atoms with Crippen LogP contribution in [0.4, 0.5) is 0 Å². The smallest absolute Gasteiger partial charge is 0.216 e. The molecule has 0 spiro atoms. The zero-order chi connectivity index (χ0) is 12.5. The van der Waals surface area contributed by atoms with E-state index in [1.165, 1.54) is 0 Å². The van der Waals surface area contributed by atoms with Gasteiger partial charge in [-0.25, -0.2) is 12.7 Å². The van der Waals surface area contributed by atoms with Gasteiger partial charge in [-0.1, -0.05) is 19.8 Å². The van der Waals surface area contributed by atoms with Crippen molar-refractivity contribution < 1.29 is 8.42 Å². The van der Waals surface area contributed by atoms with Crippen molar-refractivity contribution in [3.8, 4) is 0 Å². The van der Waals surface area contributed by atoms with E-state index in [1.807, 2.05) is 7.05 Å². The summed E-state index contributed by atoms with van der Waals surface area (Å²) in [5.41, 5.74) is 0. The first-order chi connectivity index (χ1) is 8.05. The van der Waals surface area contributed by atoms with E-state index in [4.69, 9.17) is 0 Å². The van der Waals surface area contributed by atoms with Crippen molar-refractivity contribution in [1.29, 1.82) is 0 Å². The van der Waals surface area contributed by atoms with Crippen molar-refractivity contribution in [1.82, 2.24) is 9.62 Å². The Morgan fingerprint density at radius 2 is 1.82 bits per heavy atom. The van der Waals surface area contributed by atoms with Crippen molar-refractivity contribution in [2.75, 3.05) is 20.1 Å². The van der Waals surface area contributed by atoms with Gasteiger partial charge in [0.1, 0.15) is 0 Å². The minimum Gasteiger partial charge on any atom is -0.317 e. The summed E-state index contributed by atoms with van der Waals surface area (Å²) in [4.78, 5) is 0. The first-order valence-corrected chi connectivity index (χ1v) is 8.22. The molecule has 1 aliphatic carbocycles. The van der Waals surface area contributed by atoms with Crippen LogP contribution in [-0.2, 0) is 10.0 Å². The molecule has 0 aromatic carbocycles. The first-order valence-electron chi connectivity index (χ1n) is 6.72. The maximum atomic E-state index is 12.4. The van der Waals surface area contributed by atoms with Crippen LogP contribution in [0.2, 0.25) is 0 Å². The molecular formula is C12H24N2O2S. The molecule has 17 heavy (non-hydrogen) atoms. The van der Waals surface area contributed by atoms with E-state index in [1.54, 1.807) is 4.31 Å². The zero-order valence-corrected chi connectivity index (χ0v) is 11.7. The molecule has 0 radical (unpaired) electrons. The van der Waals surface area contributed by atoms with E-state index in [0.29, 0.717) is 25.0 Å². The molecule has 0 aromatic heterocycles. The Bertz CT molecular complexity index is 350. The molecular weight excluding hydrogens is 236 g/mol. The van der Waals surface area contributed by atoms with Gasteiger partial charge in [0.15, 0.2) is 0 Å². The lowest BCUT2D eigenvalue weighted by Gasteiger charge is -2.37. The van der Waals surface area contributed by atoms with E-state index in [2.05, 4.69) is 12.2 Å². The molecule has 2 unspecified atom stereocenters. The van der Waals surface area contributed by atoms with Crippen molar-refractivity contribution in [3.63, 3.8) is 0 Å². The Balaban J connectivity index is 2.03. The van der Waals surface area contributed by atoms with Gasteiger partial charge in [0.2, 0.25) is 10.0 Å². The fourth-order valence-corrected chi connectivity index (χ4v) is 5.32. The highest BCUT2D eigenvalue weighted by molar-refractivity contribution is 7.89. The summed E-state index contributed by atoms with van der Waals surface area (Å²) in [5, 5.41) is 3.18. The molecule has 5 heteroatoms. The Hall–Kier alpha value is -0.130. The average Bonchev–Trinajstić information content (AvgIpc) is 2.83. The summed E-state index contributed by atoms with van der Waals surface area (Å²) in [6.45, 7) is 3.51. The SMILES string of the molecule is CNC1CCN(S(=O)(=O)C2CCCC2)CC1C. The predicted molar refractivity (Wildman–Crippen MR) is 69.4 cm³/mol. The maximum Gasteiger partial charge on any atom is 0.216 e. The predicted octanol–water partition coefficient (Wildman–Crippen LogP) is 1.19. The second-order valence-electron chi connectivity index (χ2n) is 5.47. The van der Waals surface area contributed by atoms with Crippen LogP contribution in [0.5, 0.6) is 0 Å². The third-order valence-electron chi connectivity index (χ3n) is 4.32. The topological polar surface area (TPSA) is 49.4 Å². The summed E-state index contributed by atoms with van der Waals surface area (Å²) >= 11 is 0. The second-order valence-corrected chi connectivity index (χ2v) is 7.68. The molecule has 2 fully saturated rings. The normalized spacial score (nSPS) is 33.1. The Labute approximate surface area is 105 Å². The molecule has 1 saturated carbocycles. The van der Waals surface area contributed by atoms with Crippen LogP contribution >= 0.6 is 0 Å². The lowest BCUT2D eigenvalue weighted by molar-refractivity contribution is 0.226. The Morgan fingerprint density at radius 1 is 1.18 bits per heavy atom. The van der Waals surface area contributed by atoms with Gasteiger partial charge in [-0.15, -0.1) is 0 Å². The van der Waals surface area contributed by atoms with Crippen molar-refractivity contribution in [3.05, 3.63) is 0 Å². The molecule has 0 aromatic rings. The second kappa shape index (κ2) is 5.24. The van der Waals surface area contributed by atoms with Gasteiger partial charge in [0.05, 0.1) is 5.25 Å². The maximum absolute atomic E-state index is 12.4. The first kappa shape index (κ1) is 13.3. The third kappa shape index (κ3) is 2.66. The van der Waals surface area contributed by atoms with E-state index >= 15 is 0 Å². The number of hydrogen-bond acceptors (Lipinski definition) is 3. The molecule has 100 valence electrons. The van der Waals surface area contributed by atoms with Crippen LogP contribution in [0.25, 0.3) is 0 Å². The molecule has 4 nitrogen and oxygen atoms in total. The molecule has 1 heterocycles. The number of nitrogens with one attached hydrogen (secondary N) is 1. The summed E-state index contributed by atoms with van der Waals surface area (Å²) in [6.07, 6.45) is 4.81. The van der Waals surface area contributed by atoms with Gasteiger partial charge in [-0.05, 0) is 32.2 Å². The van der Waals surface area contributed by atoms with Crippen molar-refractivity contribution in [2.24, 2.45) is 5.92 Å². The van der Waals surface area contributed by atoms with Crippen molar-refractivity contribution >= 4 is 10.0 Å². The van der Waals surface area contributed by atoms with Gasteiger partial charge in [-0.2, -0.15) is 0 Å². The number of piperidine rings is 1. The monoisotopic (exact) mass is 260 g/mol. The molecule has 2 rings (SSSR count). The molecule has 1 N–H and O–H groups in total. The van der Waals surface area contributed by atoms with Gasteiger partial charge in [0.25, 0.3) is 0 Å². The molecule has 1 saturated heterocycles. The third-order valence-corrected chi connectivity index (χ3v) is 6.69. The number of nitrogens with zero attached hydrogens (tertiary/aromatic N) is 1. The van der Waals surface area contributed by atoms with Gasteiger partial charge in [-0.3, -0.25) is 0 Å². The highest BCUT2D eigenvalue weighted by Gasteiger charge is 2.37. The minimum atomic E-state index is -3.02. The molecule has 2 atom stereocenters. The number of hydrogen-bond donors (Lipinski definition) is 1. The molecule has 1 aliphatic heterocycles. The van der Waals surface area contributed by atoms with Crippen LogP contribution in [0.15, 0.2) is 0 Å². The fourth-order valence-electron chi connectivity index (χ4n) is 3.16. The average molecular weight is 260 g/mol. The van der Waals surface area contributed by atoms with E-state index < -0.39 is 10.0 Å². The largest absolute Gasteiger partial charge is 0.317 e. The van der Waals surface area contributed by atoms with E-state index in [0.717, 1.165) is 32.1 Å². The summed E-state index contributed by atoms with van der Waals surface area (Å²) in [7, 11) is -1.06. The quantitative estimate of drug-likeness (QED) is 0.829. The summed E-state index contributed by atoms with van der Waals surface area (Å²) in [6, 6.07) is 0.463. The lowest BCUT2D eigenvalue weighted by Crippen LogP contribution is -2.51. The summed E-state index contributed by atoms with van der Waals surface area (Å²) < 4.78 is 26.6. The Morgan fingerprint density at radius 3 is 2.35 bits per heavy atom. The van der Waals surface area contributed by atoms with Gasteiger partial charge < -0.3 is 5.32 Å². The highest BCUT2D eigenvalue weighted by atomic mass is 32.2.